The fraction of sp³-hybridized carbons (Fsp3) is 0.692. The van der Waals surface area contributed by atoms with E-state index in [9.17, 15) is 9.59 Å². The van der Waals surface area contributed by atoms with Gasteiger partial charge in [0, 0.05) is 19.7 Å². The van der Waals surface area contributed by atoms with Crippen molar-refractivity contribution in [2.45, 2.75) is 45.4 Å². The first-order valence-corrected chi connectivity index (χ1v) is 6.69. The van der Waals surface area contributed by atoms with Gasteiger partial charge in [-0.3, -0.25) is 14.3 Å². The van der Waals surface area contributed by atoms with Crippen LogP contribution in [0.15, 0.2) is 15.7 Å². The molecule has 0 radical (unpaired) electrons. The van der Waals surface area contributed by atoms with Gasteiger partial charge in [-0.1, -0.05) is 39.0 Å². The molecule has 0 aliphatic carbocycles. The molecule has 1 rings (SSSR count). The lowest BCUT2D eigenvalue weighted by Gasteiger charge is -2.06. The number of hydrogen-bond donors (Lipinski definition) is 2. The van der Waals surface area contributed by atoms with Crippen molar-refractivity contribution < 1.29 is 0 Å². The molecule has 1 heterocycles. The Labute approximate surface area is 107 Å². The molecule has 0 aliphatic rings. The summed E-state index contributed by atoms with van der Waals surface area (Å²) < 4.78 is 1.05. The van der Waals surface area contributed by atoms with Crippen molar-refractivity contribution in [3.8, 4) is 0 Å². The van der Waals surface area contributed by atoms with E-state index in [1.807, 2.05) is 0 Å². The molecule has 0 saturated carbocycles. The van der Waals surface area contributed by atoms with Crippen LogP contribution in [0.4, 0.5) is 5.82 Å². The van der Waals surface area contributed by atoms with Crippen LogP contribution in [0.2, 0.25) is 0 Å². The molecule has 0 spiro atoms. The lowest BCUT2D eigenvalue weighted by atomic mass is 10.1. The van der Waals surface area contributed by atoms with E-state index in [1.165, 1.54) is 45.2 Å². The number of aromatic amines is 1. The highest BCUT2D eigenvalue weighted by Crippen LogP contribution is 2.05. The van der Waals surface area contributed by atoms with Gasteiger partial charge in [-0.15, -0.1) is 0 Å². The second-order valence-corrected chi connectivity index (χ2v) is 4.58. The summed E-state index contributed by atoms with van der Waals surface area (Å²) in [6, 6.07) is 1.42. The molecule has 0 saturated heterocycles. The first-order chi connectivity index (χ1) is 8.65. The van der Waals surface area contributed by atoms with E-state index in [1.54, 1.807) is 0 Å². The Kier molecular flexibility index (Phi) is 6.25. The van der Waals surface area contributed by atoms with Crippen LogP contribution in [0.1, 0.15) is 45.4 Å². The van der Waals surface area contributed by atoms with Crippen molar-refractivity contribution in [1.29, 1.82) is 0 Å². The third kappa shape index (κ3) is 4.77. The number of nitrogens with zero attached hydrogens (tertiary/aromatic N) is 1. The van der Waals surface area contributed by atoms with Crippen LogP contribution in [0, 0.1) is 0 Å². The molecule has 18 heavy (non-hydrogen) atoms. The molecule has 0 aliphatic heterocycles. The van der Waals surface area contributed by atoms with Gasteiger partial charge in [-0.2, -0.15) is 0 Å². The monoisotopic (exact) mass is 253 g/mol. The van der Waals surface area contributed by atoms with Gasteiger partial charge < -0.3 is 5.32 Å². The van der Waals surface area contributed by atoms with E-state index in [4.69, 9.17) is 0 Å². The maximum absolute atomic E-state index is 11.4. The van der Waals surface area contributed by atoms with E-state index < -0.39 is 0 Å². The minimum atomic E-state index is -0.382. The summed E-state index contributed by atoms with van der Waals surface area (Å²) in [5.74, 6) is 0.511. The van der Waals surface area contributed by atoms with Crippen molar-refractivity contribution in [2.24, 2.45) is 7.05 Å². The van der Waals surface area contributed by atoms with E-state index in [0.29, 0.717) is 5.82 Å². The standard InChI is InChI=1S/C13H23N3O2/c1-3-4-5-6-7-8-9-14-11-10-12(17)16(2)13(18)15-11/h10,14H,3-9H2,1-2H3,(H,15,18). The zero-order chi connectivity index (χ0) is 13.4. The van der Waals surface area contributed by atoms with E-state index in [2.05, 4.69) is 17.2 Å². The Balaban J connectivity index is 2.28. The second kappa shape index (κ2) is 7.74. The Bertz CT molecular complexity index is 431. The number of nitrogens with one attached hydrogen (secondary N) is 2. The van der Waals surface area contributed by atoms with E-state index >= 15 is 0 Å². The molecule has 0 fully saturated rings. The molecule has 0 aromatic carbocycles. The van der Waals surface area contributed by atoms with E-state index in [-0.39, 0.29) is 11.2 Å². The third-order valence-electron chi connectivity index (χ3n) is 2.99. The fourth-order valence-corrected chi connectivity index (χ4v) is 1.78. The van der Waals surface area contributed by atoms with Crippen molar-refractivity contribution in [1.82, 2.24) is 9.55 Å². The maximum Gasteiger partial charge on any atom is 0.329 e. The Morgan fingerprint density at radius 3 is 2.50 bits per heavy atom. The van der Waals surface area contributed by atoms with Crippen molar-refractivity contribution in [2.75, 3.05) is 11.9 Å². The highest BCUT2D eigenvalue weighted by atomic mass is 16.2. The van der Waals surface area contributed by atoms with Crippen LogP contribution in [0.5, 0.6) is 0 Å². The quantitative estimate of drug-likeness (QED) is 0.695. The molecule has 5 heteroatoms. The van der Waals surface area contributed by atoms with Crippen LogP contribution in [0.3, 0.4) is 0 Å². The smallest absolute Gasteiger partial charge is 0.329 e. The number of unbranched alkanes of at least 4 members (excludes halogenated alkanes) is 5. The molecule has 1 aromatic heterocycles. The summed E-state index contributed by atoms with van der Waals surface area (Å²) in [7, 11) is 1.46. The minimum absolute atomic E-state index is 0.288. The molecule has 2 N–H and O–H groups in total. The van der Waals surface area contributed by atoms with Crippen molar-refractivity contribution in [3.63, 3.8) is 0 Å². The van der Waals surface area contributed by atoms with Gasteiger partial charge in [-0.05, 0) is 6.42 Å². The molecule has 0 amide bonds. The van der Waals surface area contributed by atoms with Crippen LogP contribution in [-0.4, -0.2) is 16.1 Å². The van der Waals surface area contributed by atoms with Crippen molar-refractivity contribution >= 4 is 5.82 Å². The number of anilines is 1. The lowest BCUT2D eigenvalue weighted by molar-refractivity contribution is 0.616. The van der Waals surface area contributed by atoms with Gasteiger partial charge in [0.15, 0.2) is 0 Å². The SMILES string of the molecule is CCCCCCCCNc1cc(=O)n(C)c(=O)[nH]1. The molecule has 5 nitrogen and oxygen atoms in total. The van der Waals surface area contributed by atoms with Crippen molar-refractivity contribution in [3.05, 3.63) is 26.9 Å². The predicted molar refractivity (Wildman–Crippen MR) is 74.2 cm³/mol. The lowest BCUT2D eigenvalue weighted by Crippen LogP contribution is -2.32. The molecule has 0 unspecified atom stereocenters. The van der Waals surface area contributed by atoms with Crippen LogP contribution < -0.4 is 16.6 Å². The molecule has 0 bridgehead atoms. The van der Waals surface area contributed by atoms with Crippen LogP contribution in [0.25, 0.3) is 0 Å². The van der Waals surface area contributed by atoms with Gasteiger partial charge in [0.25, 0.3) is 5.56 Å². The highest BCUT2D eigenvalue weighted by molar-refractivity contribution is 5.31. The summed E-state index contributed by atoms with van der Waals surface area (Å²) in [6.07, 6.45) is 7.34. The number of hydrogen-bond acceptors (Lipinski definition) is 3. The molecular weight excluding hydrogens is 230 g/mol. The first kappa shape index (κ1) is 14.5. The summed E-state index contributed by atoms with van der Waals surface area (Å²) >= 11 is 0. The molecule has 1 aromatic rings. The zero-order valence-corrected chi connectivity index (χ0v) is 11.3. The summed E-state index contributed by atoms with van der Waals surface area (Å²) in [4.78, 5) is 25.3. The Morgan fingerprint density at radius 2 is 1.83 bits per heavy atom. The van der Waals surface area contributed by atoms with Gasteiger partial charge in [0.05, 0.1) is 0 Å². The summed E-state index contributed by atoms with van der Waals surface area (Å²) in [5, 5.41) is 3.08. The van der Waals surface area contributed by atoms with Crippen LogP contribution >= 0.6 is 0 Å². The third-order valence-corrected chi connectivity index (χ3v) is 2.99. The molecule has 102 valence electrons. The maximum atomic E-state index is 11.4. The van der Waals surface area contributed by atoms with Crippen LogP contribution in [-0.2, 0) is 7.05 Å². The topological polar surface area (TPSA) is 66.9 Å². The number of H-pyrrole nitrogens is 1. The number of aromatic nitrogens is 2. The zero-order valence-electron chi connectivity index (χ0n) is 11.3. The fourth-order valence-electron chi connectivity index (χ4n) is 1.78. The largest absolute Gasteiger partial charge is 0.371 e. The summed E-state index contributed by atoms with van der Waals surface area (Å²) in [6.45, 7) is 2.99. The summed E-state index contributed by atoms with van der Waals surface area (Å²) in [5.41, 5.74) is -0.669. The Morgan fingerprint density at radius 1 is 1.17 bits per heavy atom. The predicted octanol–water partition coefficient (Wildman–Crippen LogP) is 1.85. The average molecular weight is 253 g/mol. The second-order valence-electron chi connectivity index (χ2n) is 4.58. The molecule has 0 atom stereocenters. The Hall–Kier alpha value is -1.52. The van der Waals surface area contributed by atoms with Gasteiger partial charge in [0.2, 0.25) is 0 Å². The van der Waals surface area contributed by atoms with E-state index in [0.717, 1.165) is 17.5 Å². The van der Waals surface area contributed by atoms with Gasteiger partial charge in [0.1, 0.15) is 5.82 Å². The van der Waals surface area contributed by atoms with Gasteiger partial charge >= 0.3 is 5.69 Å². The molecular formula is C13H23N3O2. The minimum Gasteiger partial charge on any atom is -0.371 e. The van der Waals surface area contributed by atoms with Gasteiger partial charge in [-0.25, -0.2) is 4.79 Å². The average Bonchev–Trinajstić information content (AvgIpc) is 2.34. The first-order valence-electron chi connectivity index (χ1n) is 6.69. The number of rotatable bonds is 8. The normalized spacial score (nSPS) is 10.6. The highest BCUT2D eigenvalue weighted by Gasteiger charge is 1.99.